The van der Waals surface area contributed by atoms with Gasteiger partial charge in [-0.05, 0) is 20.8 Å². The molecule has 0 fully saturated rings. The highest BCUT2D eigenvalue weighted by molar-refractivity contribution is 7.86. The second-order valence-electron chi connectivity index (χ2n) is 2.94. The van der Waals surface area contributed by atoms with Gasteiger partial charge in [0.25, 0.3) is 0 Å². The molecule has 0 bridgehead atoms. The average molecular weight is 220 g/mol. The molecule has 0 aromatic carbocycles. The van der Waals surface area contributed by atoms with Crippen LogP contribution < -0.4 is 0 Å². The fourth-order valence-corrected chi connectivity index (χ4v) is 1.59. The Morgan fingerprint density at radius 2 is 2.07 bits per heavy atom. The van der Waals surface area contributed by atoms with E-state index in [1.54, 1.807) is 6.92 Å². The van der Waals surface area contributed by atoms with Gasteiger partial charge in [-0.25, -0.2) is 0 Å². The van der Waals surface area contributed by atoms with Crippen LogP contribution in [0.4, 0.5) is 0 Å². The number of carbonyl (C=O) groups is 1. The zero-order valence-corrected chi connectivity index (χ0v) is 9.05. The minimum absolute atomic E-state index is 0.175. The zero-order valence-electron chi connectivity index (χ0n) is 8.23. The van der Waals surface area contributed by atoms with E-state index in [4.69, 9.17) is 4.74 Å². The lowest BCUT2D eigenvalue weighted by molar-refractivity contribution is -0.122. The van der Waals surface area contributed by atoms with Gasteiger partial charge in [-0.1, -0.05) is 0 Å². The van der Waals surface area contributed by atoms with Gasteiger partial charge in [0.2, 0.25) is 11.5 Å². The number of Topliss-reactive ketones (excluding diaryl/α,β-unsaturated/α-hetero) is 1. The molecule has 0 amide bonds. The van der Waals surface area contributed by atoms with Gasteiger partial charge >= 0.3 is 10.1 Å². The number of ketones is 1. The number of rotatable bonds is 3. The average Bonchev–Trinajstić information content (AvgIpc) is 2.32. The van der Waals surface area contributed by atoms with Crippen molar-refractivity contribution in [2.75, 3.05) is 5.75 Å². The lowest BCUT2D eigenvalue weighted by atomic mass is 10.2. The molecule has 0 saturated heterocycles. The van der Waals surface area contributed by atoms with Gasteiger partial charge in [0.05, 0.1) is 5.75 Å². The first-order chi connectivity index (χ1) is 6.37. The number of allylic oxidation sites excluding steroid dienone is 1. The third-order valence-electron chi connectivity index (χ3n) is 1.83. The molecule has 0 aliphatic carbocycles. The highest BCUT2D eigenvalue weighted by Gasteiger charge is 2.33. The van der Waals surface area contributed by atoms with Gasteiger partial charge in [0, 0.05) is 0 Å². The minimum Gasteiger partial charge on any atom is -0.483 e. The summed E-state index contributed by atoms with van der Waals surface area (Å²) in [6.45, 7) is 4.48. The fourth-order valence-electron chi connectivity index (χ4n) is 1.02. The molecule has 80 valence electrons. The molecule has 0 N–H and O–H groups in total. The van der Waals surface area contributed by atoms with E-state index in [9.17, 15) is 13.2 Å². The fraction of sp³-hybridized carbons (Fsp3) is 0.625. The molecule has 1 aliphatic heterocycles. The van der Waals surface area contributed by atoms with Crippen molar-refractivity contribution in [1.82, 2.24) is 0 Å². The number of hydrogen-bond donors (Lipinski definition) is 0. The standard InChI is InChI=1S/C8H12O5S/c1-4-14(10,11)13-8-6(3)12-5(2)7(8)9/h5H,4H2,1-3H3. The maximum absolute atomic E-state index is 11.3. The van der Waals surface area contributed by atoms with Crippen molar-refractivity contribution in [3.63, 3.8) is 0 Å². The Bertz CT molecular complexity index is 379. The number of ether oxygens (including phenoxy) is 1. The van der Waals surface area contributed by atoms with Crippen LogP contribution in [0.3, 0.4) is 0 Å². The Labute approximate surface area is 82.8 Å². The number of carbonyl (C=O) groups excluding carboxylic acids is 1. The van der Waals surface area contributed by atoms with E-state index in [0.717, 1.165) is 0 Å². The van der Waals surface area contributed by atoms with E-state index in [-0.39, 0.29) is 17.3 Å². The van der Waals surface area contributed by atoms with Gasteiger partial charge in [-0.15, -0.1) is 0 Å². The Morgan fingerprint density at radius 1 is 1.50 bits per heavy atom. The Kier molecular flexibility index (Phi) is 2.84. The topological polar surface area (TPSA) is 69.7 Å². The zero-order chi connectivity index (χ0) is 10.9. The van der Waals surface area contributed by atoms with E-state index in [2.05, 4.69) is 4.18 Å². The summed E-state index contributed by atoms with van der Waals surface area (Å²) in [4.78, 5) is 11.3. The number of hydrogen-bond acceptors (Lipinski definition) is 5. The predicted octanol–water partition coefficient (Wildman–Crippen LogP) is 0.572. The summed E-state index contributed by atoms with van der Waals surface area (Å²) in [5.41, 5.74) is 0. The first kappa shape index (κ1) is 11.0. The largest absolute Gasteiger partial charge is 0.483 e. The van der Waals surface area contributed by atoms with E-state index < -0.39 is 22.0 Å². The molecule has 0 saturated carbocycles. The second-order valence-corrected chi connectivity index (χ2v) is 4.80. The second kappa shape index (κ2) is 3.61. The molecule has 1 heterocycles. The molecule has 0 aromatic heterocycles. The minimum atomic E-state index is -3.65. The van der Waals surface area contributed by atoms with Crippen molar-refractivity contribution in [3.05, 3.63) is 11.5 Å². The molecule has 1 unspecified atom stereocenters. The molecule has 0 aromatic rings. The molecule has 1 atom stereocenters. The Hall–Kier alpha value is -1.04. The van der Waals surface area contributed by atoms with E-state index in [0.29, 0.717) is 0 Å². The predicted molar refractivity (Wildman–Crippen MR) is 48.8 cm³/mol. The van der Waals surface area contributed by atoms with Gasteiger partial charge in [-0.2, -0.15) is 8.42 Å². The smallest absolute Gasteiger partial charge is 0.309 e. The van der Waals surface area contributed by atoms with Crippen LogP contribution in [0.1, 0.15) is 20.8 Å². The third kappa shape index (κ3) is 2.06. The third-order valence-corrected chi connectivity index (χ3v) is 2.96. The normalized spacial score (nSPS) is 22.5. The monoisotopic (exact) mass is 220 g/mol. The van der Waals surface area contributed by atoms with Crippen molar-refractivity contribution in [3.8, 4) is 0 Å². The van der Waals surface area contributed by atoms with Crippen molar-refractivity contribution >= 4 is 15.9 Å². The van der Waals surface area contributed by atoms with E-state index >= 15 is 0 Å². The molecule has 0 spiro atoms. The van der Waals surface area contributed by atoms with Crippen molar-refractivity contribution in [1.29, 1.82) is 0 Å². The molecule has 0 radical (unpaired) electrons. The van der Waals surface area contributed by atoms with Crippen LogP contribution >= 0.6 is 0 Å². The molecule has 1 aliphatic rings. The summed E-state index contributed by atoms with van der Waals surface area (Å²) >= 11 is 0. The van der Waals surface area contributed by atoms with Crippen molar-refractivity contribution < 1.29 is 22.1 Å². The van der Waals surface area contributed by atoms with Crippen LogP contribution in [0, 0.1) is 0 Å². The highest BCUT2D eigenvalue weighted by Crippen LogP contribution is 2.23. The maximum Gasteiger partial charge on any atom is 0.309 e. The molecule has 14 heavy (non-hydrogen) atoms. The van der Waals surface area contributed by atoms with Crippen LogP contribution in [0.25, 0.3) is 0 Å². The first-order valence-corrected chi connectivity index (χ1v) is 5.79. The Morgan fingerprint density at radius 3 is 2.43 bits per heavy atom. The molecule has 5 nitrogen and oxygen atoms in total. The van der Waals surface area contributed by atoms with Crippen LogP contribution in [-0.2, 0) is 23.8 Å². The molecular formula is C8H12O5S. The van der Waals surface area contributed by atoms with Crippen LogP contribution in [0.15, 0.2) is 11.5 Å². The van der Waals surface area contributed by atoms with Crippen LogP contribution in [-0.4, -0.2) is 26.1 Å². The quantitative estimate of drug-likeness (QED) is 0.650. The van der Waals surface area contributed by atoms with Gasteiger partial charge in [0.15, 0.2) is 6.10 Å². The van der Waals surface area contributed by atoms with Crippen molar-refractivity contribution in [2.24, 2.45) is 0 Å². The summed E-state index contributed by atoms with van der Waals surface area (Å²) in [5.74, 6) is -0.579. The molecule has 6 heteroatoms. The summed E-state index contributed by atoms with van der Waals surface area (Å²) in [7, 11) is -3.65. The highest BCUT2D eigenvalue weighted by atomic mass is 32.2. The van der Waals surface area contributed by atoms with Gasteiger partial charge in [0.1, 0.15) is 5.76 Å². The van der Waals surface area contributed by atoms with Gasteiger partial charge < -0.3 is 8.92 Å². The van der Waals surface area contributed by atoms with Crippen molar-refractivity contribution in [2.45, 2.75) is 26.9 Å². The summed E-state index contributed by atoms with van der Waals surface area (Å²) in [6, 6.07) is 0. The lowest BCUT2D eigenvalue weighted by Crippen LogP contribution is -2.17. The summed E-state index contributed by atoms with van der Waals surface area (Å²) in [6.07, 6.45) is -0.656. The van der Waals surface area contributed by atoms with E-state index in [1.807, 2.05) is 0 Å². The van der Waals surface area contributed by atoms with Gasteiger partial charge in [-0.3, -0.25) is 4.79 Å². The summed E-state index contributed by atoms with van der Waals surface area (Å²) in [5, 5.41) is 0. The SMILES string of the molecule is CCS(=O)(=O)OC1=C(C)OC(C)C1=O. The van der Waals surface area contributed by atoms with Crippen LogP contribution in [0.2, 0.25) is 0 Å². The van der Waals surface area contributed by atoms with E-state index in [1.165, 1.54) is 13.8 Å². The maximum atomic E-state index is 11.3. The summed E-state index contributed by atoms with van der Waals surface area (Å²) < 4.78 is 31.8. The lowest BCUT2D eigenvalue weighted by Gasteiger charge is -2.03. The molecular weight excluding hydrogens is 208 g/mol. The van der Waals surface area contributed by atoms with Crippen LogP contribution in [0.5, 0.6) is 0 Å². The Balaban J connectivity index is 2.90. The first-order valence-electron chi connectivity index (χ1n) is 4.21. The molecule has 1 rings (SSSR count).